The summed E-state index contributed by atoms with van der Waals surface area (Å²) in [6.45, 7) is 7.59. The molecule has 0 amide bonds. The van der Waals surface area contributed by atoms with Crippen LogP contribution in [0.2, 0.25) is 6.04 Å². The van der Waals surface area contributed by atoms with Crippen LogP contribution < -0.4 is 0 Å². The average Bonchev–Trinajstić information content (AvgIpc) is 2.43. The lowest BCUT2D eigenvalue weighted by atomic mass is 10.1. The van der Waals surface area contributed by atoms with E-state index < -0.39 is 26.3 Å². The van der Waals surface area contributed by atoms with Gasteiger partial charge in [-0.3, -0.25) is 0 Å². The zero-order chi connectivity index (χ0) is 17.6. The predicted octanol–water partition coefficient (Wildman–Crippen LogP) is 4.47. The van der Waals surface area contributed by atoms with Gasteiger partial charge in [-0.2, -0.15) is 0 Å². The van der Waals surface area contributed by atoms with Crippen molar-refractivity contribution in [3.63, 3.8) is 0 Å². The van der Waals surface area contributed by atoms with Gasteiger partial charge in [0.2, 0.25) is 0 Å². The van der Waals surface area contributed by atoms with Crippen LogP contribution in [-0.4, -0.2) is 28.1 Å². The van der Waals surface area contributed by atoms with Crippen LogP contribution >= 0.6 is 0 Å². The largest absolute Gasteiger partial charge is 0.501 e. The van der Waals surface area contributed by atoms with Gasteiger partial charge in [0, 0.05) is 25.4 Å². The van der Waals surface area contributed by atoms with Crippen molar-refractivity contribution < 1.29 is 26.4 Å². The molecule has 23 heavy (non-hydrogen) atoms. The Morgan fingerprint density at radius 3 is 1.83 bits per heavy atom. The van der Waals surface area contributed by atoms with E-state index in [2.05, 4.69) is 0 Å². The van der Waals surface area contributed by atoms with Gasteiger partial charge >= 0.3 is 8.80 Å². The third-order valence-corrected chi connectivity index (χ3v) is 6.38. The molecule has 7 heteroatoms. The topological polar surface area (TPSA) is 27.7 Å². The summed E-state index contributed by atoms with van der Waals surface area (Å²) in [7, 11) is -1.30. The molecule has 0 radical (unpaired) electrons. The van der Waals surface area contributed by atoms with Gasteiger partial charge in [-0.1, -0.05) is 0 Å². The Hall–Kier alpha value is -0.893. The Labute approximate surface area is 137 Å². The van der Waals surface area contributed by atoms with E-state index in [0.29, 0.717) is 24.4 Å². The second-order valence-electron chi connectivity index (χ2n) is 5.95. The minimum absolute atomic E-state index is 0.0546. The Balaban J connectivity index is 2.74. The molecule has 0 aliphatic rings. The molecule has 0 bridgehead atoms. The maximum Gasteiger partial charge on any atom is 0.501 e. The molecular weight excluding hydrogens is 325 g/mol. The first-order chi connectivity index (χ1) is 10.7. The lowest BCUT2D eigenvalue weighted by Crippen LogP contribution is -2.48. The molecule has 0 fully saturated rings. The minimum Gasteiger partial charge on any atom is -0.377 e. The lowest BCUT2D eigenvalue weighted by molar-refractivity contribution is 0.0325. The fraction of sp³-hybridized carbons (Fsp3) is 0.625. The summed E-state index contributed by atoms with van der Waals surface area (Å²) in [5.41, 5.74) is 0.398. The first-order valence-corrected chi connectivity index (χ1v) is 9.66. The van der Waals surface area contributed by atoms with Crippen LogP contribution in [0.3, 0.4) is 0 Å². The van der Waals surface area contributed by atoms with Crippen molar-refractivity contribution in [1.82, 2.24) is 0 Å². The standard InChI is InChI=1S/C16H25F3O3Si/c1-11(2)21-23(20-5,22-12(3)4)8-6-7-13-9-14(17)16(19)15(18)10-13/h9-12H,6-8H2,1-5H3. The second kappa shape index (κ2) is 8.82. The minimum atomic E-state index is -2.85. The summed E-state index contributed by atoms with van der Waals surface area (Å²) in [6, 6.07) is 2.54. The van der Waals surface area contributed by atoms with Gasteiger partial charge in [-0.05, 0) is 58.2 Å². The molecule has 0 aromatic heterocycles. The monoisotopic (exact) mass is 350 g/mol. The number of benzene rings is 1. The molecule has 0 unspecified atom stereocenters. The van der Waals surface area contributed by atoms with Gasteiger partial charge < -0.3 is 13.3 Å². The zero-order valence-electron chi connectivity index (χ0n) is 14.3. The zero-order valence-corrected chi connectivity index (χ0v) is 15.3. The molecule has 0 N–H and O–H groups in total. The molecule has 1 aromatic rings. The summed E-state index contributed by atoms with van der Waals surface area (Å²) < 4.78 is 56.8. The Morgan fingerprint density at radius 2 is 1.43 bits per heavy atom. The van der Waals surface area contributed by atoms with Crippen molar-refractivity contribution in [3.05, 3.63) is 35.1 Å². The average molecular weight is 350 g/mol. The van der Waals surface area contributed by atoms with E-state index >= 15 is 0 Å². The summed E-state index contributed by atoms with van der Waals surface area (Å²) in [5, 5.41) is 0. The second-order valence-corrected chi connectivity index (χ2v) is 8.69. The smallest absolute Gasteiger partial charge is 0.377 e. The Kier molecular flexibility index (Phi) is 7.73. The molecule has 3 nitrogen and oxygen atoms in total. The fourth-order valence-electron chi connectivity index (χ4n) is 2.32. The van der Waals surface area contributed by atoms with Crippen molar-refractivity contribution in [2.45, 2.75) is 58.8 Å². The van der Waals surface area contributed by atoms with Gasteiger partial charge in [0.1, 0.15) is 0 Å². The van der Waals surface area contributed by atoms with Gasteiger partial charge in [0.15, 0.2) is 17.5 Å². The van der Waals surface area contributed by atoms with E-state index in [1.54, 1.807) is 7.11 Å². The maximum absolute atomic E-state index is 13.2. The highest BCUT2D eigenvalue weighted by atomic mass is 28.4. The molecule has 0 heterocycles. The highest BCUT2D eigenvalue weighted by Crippen LogP contribution is 2.23. The summed E-state index contributed by atoms with van der Waals surface area (Å²) in [5.74, 6) is -3.79. The van der Waals surface area contributed by atoms with E-state index in [9.17, 15) is 13.2 Å². The first kappa shape index (κ1) is 20.2. The van der Waals surface area contributed by atoms with Crippen LogP contribution in [0.1, 0.15) is 39.7 Å². The van der Waals surface area contributed by atoms with Gasteiger partial charge in [0.05, 0.1) is 0 Å². The van der Waals surface area contributed by atoms with Gasteiger partial charge in [0.25, 0.3) is 0 Å². The predicted molar refractivity (Wildman–Crippen MR) is 84.6 cm³/mol. The Morgan fingerprint density at radius 1 is 0.957 bits per heavy atom. The lowest BCUT2D eigenvalue weighted by Gasteiger charge is -2.31. The highest BCUT2D eigenvalue weighted by molar-refractivity contribution is 6.60. The van der Waals surface area contributed by atoms with Crippen molar-refractivity contribution >= 4 is 8.80 Å². The van der Waals surface area contributed by atoms with E-state index in [0.717, 1.165) is 12.1 Å². The number of halogens is 3. The van der Waals surface area contributed by atoms with Crippen molar-refractivity contribution in [3.8, 4) is 0 Å². The van der Waals surface area contributed by atoms with Crippen molar-refractivity contribution in [1.29, 1.82) is 0 Å². The maximum atomic E-state index is 13.2. The van der Waals surface area contributed by atoms with Crippen LogP contribution in [0.5, 0.6) is 0 Å². The molecule has 1 aromatic carbocycles. The van der Waals surface area contributed by atoms with Gasteiger partial charge in [-0.25, -0.2) is 13.2 Å². The van der Waals surface area contributed by atoms with E-state index in [1.807, 2.05) is 27.7 Å². The third-order valence-electron chi connectivity index (χ3n) is 3.13. The molecule has 0 saturated heterocycles. The van der Waals surface area contributed by atoms with E-state index in [-0.39, 0.29) is 12.2 Å². The van der Waals surface area contributed by atoms with Crippen LogP contribution in [0.15, 0.2) is 12.1 Å². The third kappa shape index (κ3) is 6.25. The summed E-state index contributed by atoms with van der Waals surface area (Å²) >= 11 is 0. The van der Waals surface area contributed by atoms with Crippen LogP contribution in [0, 0.1) is 17.5 Å². The highest BCUT2D eigenvalue weighted by Gasteiger charge is 2.41. The molecule has 0 saturated carbocycles. The quantitative estimate of drug-likeness (QED) is 0.486. The molecule has 0 aliphatic heterocycles. The molecule has 0 spiro atoms. The van der Waals surface area contributed by atoms with Crippen LogP contribution in [-0.2, 0) is 19.7 Å². The fourth-order valence-corrected chi connectivity index (χ4v) is 5.06. The number of aryl methyl sites for hydroxylation is 1. The van der Waals surface area contributed by atoms with E-state index in [1.165, 1.54) is 0 Å². The molecular formula is C16H25F3O3Si. The number of rotatable bonds is 9. The molecule has 0 aliphatic carbocycles. The van der Waals surface area contributed by atoms with Crippen LogP contribution in [0.25, 0.3) is 0 Å². The van der Waals surface area contributed by atoms with Crippen LogP contribution in [0.4, 0.5) is 13.2 Å². The normalized spacial score (nSPS) is 12.4. The number of hydrogen-bond donors (Lipinski definition) is 0. The molecule has 132 valence electrons. The van der Waals surface area contributed by atoms with E-state index in [4.69, 9.17) is 13.3 Å². The SMILES string of the molecule is CO[Si](CCCc1cc(F)c(F)c(F)c1)(OC(C)C)OC(C)C. The summed E-state index contributed by atoms with van der Waals surface area (Å²) in [4.78, 5) is 0. The molecule has 0 atom stereocenters. The first-order valence-electron chi connectivity index (χ1n) is 7.73. The molecule has 1 rings (SSSR count). The number of hydrogen-bond acceptors (Lipinski definition) is 3. The van der Waals surface area contributed by atoms with Crippen molar-refractivity contribution in [2.75, 3.05) is 7.11 Å². The van der Waals surface area contributed by atoms with Gasteiger partial charge in [-0.15, -0.1) is 0 Å². The Bertz CT molecular complexity index is 476. The van der Waals surface area contributed by atoms with Crippen molar-refractivity contribution in [2.24, 2.45) is 0 Å². The summed E-state index contributed by atoms with van der Waals surface area (Å²) in [6.07, 6.45) is 0.834.